The minimum absolute atomic E-state index is 0.213. The van der Waals surface area contributed by atoms with Crippen LogP contribution in [0.4, 0.5) is 0 Å². The molecule has 0 atom stereocenters. The monoisotopic (exact) mass is 330 g/mol. The highest BCUT2D eigenvalue weighted by molar-refractivity contribution is 6.07. The predicted molar refractivity (Wildman–Crippen MR) is 98.3 cm³/mol. The van der Waals surface area contributed by atoms with E-state index in [1.807, 2.05) is 42.5 Å². The maximum atomic E-state index is 12.7. The molecule has 1 amide bonds. The molecule has 1 saturated carbocycles. The third-order valence-electron chi connectivity index (χ3n) is 4.38. The third-order valence-corrected chi connectivity index (χ3v) is 4.38. The fourth-order valence-corrected chi connectivity index (χ4v) is 3.09. The van der Waals surface area contributed by atoms with Gasteiger partial charge in [-0.1, -0.05) is 24.3 Å². The molecule has 5 heteroatoms. The first-order valence-corrected chi connectivity index (χ1v) is 8.48. The zero-order valence-corrected chi connectivity index (χ0v) is 13.8. The summed E-state index contributed by atoms with van der Waals surface area (Å²) in [6.07, 6.45) is 5.96. The van der Waals surface area contributed by atoms with Crippen LogP contribution < -0.4 is 5.43 Å². The summed E-state index contributed by atoms with van der Waals surface area (Å²) in [6, 6.07) is 15.1. The molecule has 2 aromatic heterocycles. The van der Waals surface area contributed by atoms with Gasteiger partial charge in [-0.05, 0) is 49.9 Å². The minimum atomic E-state index is -0.213. The lowest BCUT2D eigenvalue weighted by molar-refractivity contribution is 0.0956. The maximum Gasteiger partial charge on any atom is 0.272 e. The second kappa shape index (κ2) is 6.81. The number of amides is 1. The van der Waals surface area contributed by atoms with Crippen molar-refractivity contribution in [3.63, 3.8) is 0 Å². The minimum Gasteiger partial charge on any atom is -0.267 e. The van der Waals surface area contributed by atoms with Crippen molar-refractivity contribution in [2.45, 2.75) is 25.7 Å². The number of hydrazone groups is 1. The van der Waals surface area contributed by atoms with Gasteiger partial charge >= 0.3 is 0 Å². The number of rotatable bonds is 3. The van der Waals surface area contributed by atoms with Crippen LogP contribution in [0.2, 0.25) is 0 Å². The van der Waals surface area contributed by atoms with Gasteiger partial charge < -0.3 is 0 Å². The van der Waals surface area contributed by atoms with Gasteiger partial charge in [0.05, 0.1) is 22.5 Å². The second-order valence-electron chi connectivity index (χ2n) is 6.11. The first-order valence-electron chi connectivity index (χ1n) is 8.48. The van der Waals surface area contributed by atoms with Crippen LogP contribution in [0.25, 0.3) is 22.3 Å². The molecule has 25 heavy (non-hydrogen) atoms. The number of benzene rings is 1. The summed E-state index contributed by atoms with van der Waals surface area (Å²) in [5.41, 5.74) is 6.53. The van der Waals surface area contributed by atoms with E-state index >= 15 is 0 Å². The van der Waals surface area contributed by atoms with Crippen LogP contribution in [0.5, 0.6) is 0 Å². The summed E-state index contributed by atoms with van der Waals surface area (Å²) in [4.78, 5) is 21.7. The Balaban J connectivity index is 1.76. The largest absolute Gasteiger partial charge is 0.272 e. The highest BCUT2D eigenvalue weighted by atomic mass is 16.2. The second-order valence-corrected chi connectivity index (χ2v) is 6.11. The molecule has 0 saturated heterocycles. The number of hydrogen-bond acceptors (Lipinski definition) is 4. The van der Waals surface area contributed by atoms with E-state index in [1.165, 1.54) is 0 Å². The lowest BCUT2D eigenvalue weighted by Crippen LogP contribution is -2.19. The predicted octanol–water partition coefficient (Wildman–Crippen LogP) is 3.96. The number of carbonyl (C=O) groups excluding carboxylic acids is 1. The molecule has 4 rings (SSSR count). The van der Waals surface area contributed by atoms with Gasteiger partial charge in [-0.2, -0.15) is 5.10 Å². The normalized spacial score (nSPS) is 13.8. The molecule has 124 valence electrons. The third kappa shape index (κ3) is 3.26. The number of nitrogens with one attached hydrogen (secondary N) is 1. The zero-order valence-electron chi connectivity index (χ0n) is 13.8. The number of hydrogen-bond donors (Lipinski definition) is 1. The fraction of sp³-hybridized carbons (Fsp3) is 0.200. The van der Waals surface area contributed by atoms with E-state index in [1.54, 1.807) is 12.3 Å². The van der Waals surface area contributed by atoms with Crippen LogP contribution in [0.15, 0.2) is 59.8 Å². The smallest absolute Gasteiger partial charge is 0.267 e. The zero-order chi connectivity index (χ0) is 17.1. The Bertz CT molecular complexity index is 942. The molecule has 0 unspecified atom stereocenters. The standard InChI is InChI=1S/C20H18N4O/c25-20(24-23-14-7-1-2-8-14)16-13-19(18-11-5-6-12-21-18)22-17-10-4-3-9-15(16)17/h3-6,9-13H,1-2,7-8H2,(H,24,25). The molecule has 1 aromatic carbocycles. The SMILES string of the molecule is O=C(NN=C1CCCC1)c1cc(-c2ccccn2)nc2ccccc12. The average Bonchev–Trinajstić information content (AvgIpc) is 3.19. The number of carbonyl (C=O) groups is 1. The van der Waals surface area contributed by atoms with Gasteiger partial charge in [0.25, 0.3) is 5.91 Å². The van der Waals surface area contributed by atoms with Crippen LogP contribution in [-0.4, -0.2) is 21.6 Å². The molecule has 1 fully saturated rings. The van der Waals surface area contributed by atoms with Crippen LogP contribution in [0, 0.1) is 0 Å². The van der Waals surface area contributed by atoms with Gasteiger partial charge in [0.2, 0.25) is 0 Å². The lowest BCUT2D eigenvalue weighted by atomic mass is 10.1. The molecule has 1 N–H and O–H groups in total. The Hall–Kier alpha value is -3.08. The van der Waals surface area contributed by atoms with Crippen molar-refractivity contribution < 1.29 is 4.79 Å². The maximum absolute atomic E-state index is 12.7. The highest BCUT2D eigenvalue weighted by Gasteiger charge is 2.15. The molecule has 0 radical (unpaired) electrons. The number of pyridine rings is 2. The van der Waals surface area contributed by atoms with Crippen molar-refractivity contribution in [1.82, 2.24) is 15.4 Å². The van der Waals surface area contributed by atoms with Crippen molar-refractivity contribution >= 4 is 22.5 Å². The summed E-state index contributed by atoms with van der Waals surface area (Å²) < 4.78 is 0. The molecule has 1 aliphatic carbocycles. The Morgan fingerprint density at radius 3 is 2.60 bits per heavy atom. The topological polar surface area (TPSA) is 67.2 Å². The van der Waals surface area contributed by atoms with E-state index in [2.05, 4.69) is 20.5 Å². The van der Waals surface area contributed by atoms with Crippen LogP contribution in [0.1, 0.15) is 36.0 Å². The Morgan fingerprint density at radius 1 is 1.00 bits per heavy atom. The van der Waals surface area contributed by atoms with Crippen molar-refractivity contribution in [1.29, 1.82) is 0 Å². The Labute approximate surface area is 145 Å². The molecule has 0 bridgehead atoms. The number of para-hydroxylation sites is 1. The first-order chi connectivity index (χ1) is 12.3. The summed E-state index contributed by atoms with van der Waals surface area (Å²) in [5.74, 6) is -0.213. The lowest BCUT2D eigenvalue weighted by Gasteiger charge is -2.09. The Kier molecular flexibility index (Phi) is 4.21. The molecule has 5 nitrogen and oxygen atoms in total. The summed E-state index contributed by atoms with van der Waals surface area (Å²) in [6.45, 7) is 0. The van der Waals surface area contributed by atoms with E-state index in [4.69, 9.17) is 0 Å². The molecule has 3 aromatic rings. The molecule has 1 aliphatic rings. The van der Waals surface area contributed by atoms with Crippen LogP contribution in [-0.2, 0) is 0 Å². The van der Waals surface area contributed by atoms with Gasteiger partial charge in [0.1, 0.15) is 0 Å². The molecular weight excluding hydrogens is 312 g/mol. The average molecular weight is 330 g/mol. The summed E-state index contributed by atoms with van der Waals surface area (Å²) >= 11 is 0. The van der Waals surface area contributed by atoms with Crippen molar-refractivity contribution in [2.24, 2.45) is 5.10 Å². The van der Waals surface area contributed by atoms with Crippen molar-refractivity contribution in [3.05, 3.63) is 60.3 Å². The first kappa shape index (κ1) is 15.4. The molecule has 0 aliphatic heterocycles. The van der Waals surface area contributed by atoms with E-state index < -0.39 is 0 Å². The molecule has 2 heterocycles. The van der Waals surface area contributed by atoms with E-state index in [9.17, 15) is 4.79 Å². The summed E-state index contributed by atoms with van der Waals surface area (Å²) in [5, 5.41) is 5.10. The van der Waals surface area contributed by atoms with Gasteiger partial charge in [-0.25, -0.2) is 10.4 Å². The van der Waals surface area contributed by atoms with Crippen molar-refractivity contribution in [2.75, 3.05) is 0 Å². The van der Waals surface area contributed by atoms with Gasteiger partial charge in [-0.3, -0.25) is 9.78 Å². The fourth-order valence-electron chi connectivity index (χ4n) is 3.09. The van der Waals surface area contributed by atoms with Gasteiger partial charge in [0.15, 0.2) is 0 Å². The van der Waals surface area contributed by atoms with E-state index in [0.717, 1.165) is 48.0 Å². The number of fused-ring (bicyclic) bond motifs is 1. The number of nitrogens with zero attached hydrogens (tertiary/aromatic N) is 3. The van der Waals surface area contributed by atoms with E-state index in [0.29, 0.717) is 11.3 Å². The van der Waals surface area contributed by atoms with Crippen LogP contribution >= 0.6 is 0 Å². The van der Waals surface area contributed by atoms with Crippen LogP contribution in [0.3, 0.4) is 0 Å². The quantitative estimate of drug-likeness (QED) is 0.739. The Morgan fingerprint density at radius 2 is 1.80 bits per heavy atom. The molecule has 0 spiro atoms. The highest BCUT2D eigenvalue weighted by Crippen LogP contribution is 2.23. The van der Waals surface area contributed by atoms with E-state index in [-0.39, 0.29) is 5.91 Å². The van der Waals surface area contributed by atoms with Crippen molar-refractivity contribution in [3.8, 4) is 11.4 Å². The summed E-state index contributed by atoms with van der Waals surface area (Å²) in [7, 11) is 0. The number of aromatic nitrogens is 2. The van der Waals surface area contributed by atoms with Gasteiger partial charge in [0, 0.05) is 17.3 Å². The molecular formula is C20H18N4O. The van der Waals surface area contributed by atoms with Gasteiger partial charge in [-0.15, -0.1) is 0 Å².